The van der Waals surface area contributed by atoms with Gasteiger partial charge in [0, 0.05) is 5.38 Å². The van der Waals surface area contributed by atoms with Crippen molar-refractivity contribution in [2.45, 2.75) is 32.4 Å². The molecule has 0 saturated heterocycles. The molecule has 22 heavy (non-hydrogen) atoms. The van der Waals surface area contributed by atoms with E-state index in [4.69, 9.17) is 0 Å². The van der Waals surface area contributed by atoms with Crippen molar-refractivity contribution in [1.29, 1.82) is 0 Å². The van der Waals surface area contributed by atoms with Crippen molar-refractivity contribution in [3.8, 4) is 0 Å². The van der Waals surface area contributed by atoms with Crippen LogP contribution in [0.1, 0.15) is 30.1 Å². The highest BCUT2D eigenvalue weighted by molar-refractivity contribution is 7.09. The van der Waals surface area contributed by atoms with E-state index in [0.29, 0.717) is 6.54 Å². The van der Waals surface area contributed by atoms with E-state index >= 15 is 0 Å². The molecule has 1 aromatic carbocycles. The SMILES string of the molecule is CCc1nc(CNC(=O)NCC(C)(O)c2ccccc2)cs1. The maximum Gasteiger partial charge on any atom is 0.315 e. The van der Waals surface area contributed by atoms with Gasteiger partial charge in [0.15, 0.2) is 0 Å². The van der Waals surface area contributed by atoms with Crippen LogP contribution in [0, 0.1) is 0 Å². The molecular formula is C16H21N3O2S. The number of urea groups is 1. The predicted molar refractivity (Wildman–Crippen MR) is 87.7 cm³/mol. The molecule has 0 spiro atoms. The monoisotopic (exact) mass is 319 g/mol. The van der Waals surface area contributed by atoms with Crippen LogP contribution in [0.15, 0.2) is 35.7 Å². The van der Waals surface area contributed by atoms with Gasteiger partial charge in [-0.15, -0.1) is 11.3 Å². The van der Waals surface area contributed by atoms with E-state index in [1.54, 1.807) is 18.3 Å². The van der Waals surface area contributed by atoms with Crippen molar-refractivity contribution in [3.63, 3.8) is 0 Å². The summed E-state index contributed by atoms with van der Waals surface area (Å²) in [7, 11) is 0. The zero-order chi connectivity index (χ0) is 16.0. The summed E-state index contributed by atoms with van der Waals surface area (Å²) in [6, 6.07) is 8.96. The smallest absolute Gasteiger partial charge is 0.315 e. The third kappa shape index (κ3) is 4.54. The molecule has 6 heteroatoms. The number of nitrogens with one attached hydrogen (secondary N) is 2. The lowest BCUT2D eigenvalue weighted by Crippen LogP contribution is -2.43. The topological polar surface area (TPSA) is 74.2 Å². The van der Waals surface area contributed by atoms with Crippen LogP contribution >= 0.6 is 11.3 Å². The van der Waals surface area contributed by atoms with Crippen LogP contribution in [0.3, 0.4) is 0 Å². The van der Waals surface area contributed by atoms with E-state index in [2.05, 4.69) is 22.5 Å². The molecule has 1 atom stereocenters. The summed E-state index contributed by atoms with van der Waals surface area (Å²) in [6.45, 7) is 4.25. The zero-order valence-electron chi connectivity index (χ0n) is 12.8. The van der Waals surface area contributed by atoms with Crippen LogP contribution in [0.2, 0.25) is 0 Å². The highest BCUT2D eigenvalue weighted by Gasteiger charge is 2.23. The van der Waals surface area contributed by atoms with Crippen molar-refractivity contribution in [2.24, 2.45) is 0 Å². The van der Waals surface area contributed by atoms with Crippen molar-refractivity contribution in [3.05, 3.63) is 52.0 Å². The minimum absolute atomic E-state index is 0.139. The van der Waals surface area contributed by atoms with E-state index in [9.17, 15) is 9.90 Å². The Labute approximate surface area is 134 Å². The second kappa shape index (κ2) is 7.38. The van der Waals surface area contributed by atoms with Crippen LogP contribution in [-0.2, 0) is 18.6 Å². The lowest BCUT2D eigenvalue weighted by atomic mass is 9.96. The minimum Gasteiger partial charge on any atom is -0.384 e. The Morgan fingerprint density at radius 2 is 2.05 bits per heavy atom. The lowest BCUT2D eigenvalue weighted by molar-refractivity contribution is 0.0594. The first kappa shape index (κ1) is 16.5. The van der Waals surface area contributed by atoms with Crippen LogP contribution in [-0.4, -0.2) is 22.7 Å². The van der Waals surface area contributed by atoms with E-state index in [0.717, 1.165) is 22.7 Å². The molecule has 0 fully saturated rings. The van der Waals surface area contributed by atoms with E-state index in [1.165, 1.54) is 0 Å². The molecule has 0 aliphatic heterocycles. The highest BCUT2D eigenvalue weighted by Crippen LogP contribution is 2.18. The number of rotatable bonds is 6. The Kier molecular flexibility index (Phi) is 5.51. The van der Waals surface area contributed by atoms with Crippen LogP contribution in [0.4, 0.5) is 4.79 Å². The van der Waals surface area contributed by atoms with Crippen molar-refractivity contribution >= 4 is 17.4 Å². The van der Waals surface area contributed by atoms with Crippen LogP contribution < -0.4 is 10.6 Å². The van der Waals surface area contributed by atoms with Crippen LogP contribution in [0.5, 0.6) is 0 Å². The summed E-state index contributed by atoms with van der Waals surface area (Å²) in [5.74, 6) is 0. The first-order valence-corrected chi connectivity index (χ1v) is 8.12. The van der Waals surface area contributed by atoms with E-state index < -0.39 is 5.60 Å². The Hall–Kier alpha value is -1.92. The fourth-order valence-corrected chi connectivity index (χ4v) is 2.72. The molecule has 2 amide bonds. The Morgan fingerprint density at radius 3 is 2.68 bits per heavy atom. The second-order valence-corrected chi connectivity index (χ2v) is 6.20. The molecule has 118 valence electrons. The van der Waals surface area contributed by atoms with Gasteiger partial charge in [-0.25, -0.2) is 9.78 Å². The van der Waals surface area contributed by atoms with Gasteiger partial charge in [-0.2, -0.15) is 0 Å². The molecule has 0 radical (unpaired) electrons. The van der Waals surface area contributed by atoms with E-state index in [-0.39, 0.29) is 12.6 Å². The molecule has 0 bridgehead atoms. The number of aliphatic hydroxyl groups is 1. The number of aryl methyl sites for hydroxylation is 1. The first-order valence-electron chi connectivity index (χ1n) is 7.24. The largest absolute Gasteiger partial charge is 0.384 e. The van der Waals surface area contributed by atoms with Gasteiger partial charge in [0.2, 0.25) is 0 Å². The average Bonchev–Trinajstić information content (AvgIpc) is 3.00. The van der Waals surface area contributed by atoms with Crippen molar-refractivity contribution in [2.75, 3.05) is 6.54 Å². The summed E-state index contributed by atoms with van der Waals surface area (Å²) in [4.78, 5) is 16.2. The standard InChI is InChI=1S/C16H21N3O2S/c1-3-14-19-13(10-22-14)9-17-15(20)18-11-16(2,21)12-7-5-4-6-8-12/h4-8,10,21H,3,9,11H2,1-2H3,(H2,17,18,20). The average molecular weight is 319 g/mol. The number of carbonyl (C=O) groups is 1. The van der Waals surface area contributed by atoms with Gasteiger partial charge in [0.1, 0.15) is 5.60 Å². The molecule has 3 N–H and O–H groups in total. The van der Waals surface area contributed by atoms with Crippen LogP contribution in [0.25, 0.3) is 0 Å². The summed E-state index contributed by atoms with van der Waals surface area (Å²) in [5, 5.41) is 18.8. The number of nitrogens with zero attached hydrogens (tertiary/aromatic N) is 1. The molecule has 2 rings (SSSR count). The predicted octanol–water partition coefficient (Wildman–Crippen LogP) is 2.41. The zero-order valence-corrected chi connectivity index (χ0v) is 13.6. The van der Waals surface area contributed by atoms with Crippen molar-refractivity contribution in [1.82, 2.24) is 15.6 Å². The van der Waals surface area contributed by atoms with Gasteiger partial charge in [-0.3, -0.25) is 0 Å². The number of benzene rings is 1. The fourth-order valence-electron chi connectivity index (χ4n) is 1.98. The quantitative estimate of drug-likeness (QED) is 0.765. The maximum atomic E-state index is 11.8. The number of hydrogen-bond donors (Lipinski definition) is 3. The number of thiazole rings is 1. The molecule has 0 aliphatic carbocycles. The number of amides is 2. The third-order valence-electron chi connectivity index (χ3n) is 3.32. The molecule has 1 aromatic heterocycles. The molecule has 5 nitrogen and oxygen atoms in total. The van der Waals surface area contributed by atoms with E-state index in [1.807, 2.05) is 35.7 Å². The van der Waals surface area contributed by atoms with Gasteiger partial charge < -0.3 is 15.7 Å². The minimum atomic E-state index is -1.10. The van der Waals surface area contributed by atoms with Gasteiger partial charge >= 0.3 is 6.03 Å². The maximum absolute atomic E-state index is 11.8. The Bertz CT molecular complexity index is 611. The summed E-state index contributed by atoms with van der Waals surface area (Å²) < 4.78 is 0. The normalized spacial score (nSPS) is 13.4. The summed E-state index contributed by atoms with van der Waals surface area (Å²) in [6.07, 6.45) is 0.900. The number of hydrogen-bond acceptors (Lipinski definition) is 4. The summed E-state index contributed by atoms with van der Waals surface area (Å²) in [5.41, 5.74) is 0.517. The summed E-state index contributed by atoms with van der Waals surface area (Å²) >= 11 is 1.59. The Morgan fingerprint density at radius 1 is 1.32 bits per heavy atom. The van der Waals surface area contributed by atoms with Gasteiger partial charge in [-0.1, -0.05) is 37.3 Å². The van der Waals surface area contributed by atoms with Crippen molar-refractivity contribution < 1.29 is 9.90 Å². The molecule has 1 heterocycles. The fraction of sp³-hybridized carbons (Fsp3) is 0.375. The van der Waals surface area contributed by atoms with Gasteiger partial charge in [-0.05, 0) is 18.9 Å². The number of aromatic nitrogens is 1. The number of carbonyl (C=O) groups excluding carboxylic acids is 1. The molecule has 0 aliphatic rings. The van der Waals surface area contributed by atoms with Gasteiger partial charge in [0.25, 0.3) is 0 Å². The first-order chi connectivity index (χ1) is 10.5. The van der Waals surface area contributed by atoms with Gasteiger partial charge in [0.05, 0.1) is 23.8 Å². The molecule has 1 unspecified atom stereocenters. The lowest BCUT2D eigenvalue weighted by Gasteiger charge is -2.24. The Balaban J connectivity index is 1.80. The highest BCUT2D eigenvalue weighted by atomic mass is 32.1. The molecule has 2 aromatic rings. The third-order valence-corrected chi connectivity index (χ3v) is 4.36. The molecule has 0 saturated carbocycles. The molecular weight excluding hydrogens is 298 g/mol. The second-order valence-electron chi connectivity index (χ2n) is 5.26.